The van der Waals surface area contributed by atoms with Crippen LogP contribution < -0.4 is 19.9 Å². The molecule has 9 rings (SSSR count). The van der Waals surface area contributed by atoms with Crippen molar-refractivity contribution in [1.82, 2.24) is 19.9 Å². The van der Waals surface area contributed by atoms with Crippen LogP contribution in [0.3, 0.4) is 0 Å². The molecule has 0 aliphatic carbocycles. The molecule has 4 nitrogen and oxygen atoms in total. The Labute approximate surface area is 376 Å². The summed E-state index contributed by atoms with van der Waals surface area (Å²) in [7, 11) is 0. The van der Waals surface area contributed by atoms with Crippen molar-refractivity contribution in [3.8, 4) is 0 Å². The molecule has 0 saturated carbocycles. The molecule has 9 heteroatoms. The second-order valence-corrected chi connectivity index (χ2v) is 17.4. The number of aromatic nitrogens is 4. The number of hydrogen-bond acceptors (Lipinski definition) is 0. The van der Waals surface area contributed by atoms with Crippen LogP contribution in [0.4, 0.5) is 0 Å². The minimum atomic E-state index is 0. The van der Waals surface area contributed by atoms with E-state index in [0.29, 0.717) is 0 Å². The molecular weight excluding hydrogens is 1160 g/mol. The number of halogens is 4. The van der Waals surface area contributed by atoms with E-state index in [9.17, 15) is 0 Å². The summed E-state index contributed by atoms with van der Waals surface area (Å²) in [6, 6.07) is 51.2. The maximum Gasteiger partial charge on any atom is 0.0768 e. The van der Waals surface area contributed by atoms with Gasteiger partial charge in [-0.25, -0.2) is 0 Å². The van der Waals surface area contributed by atoms with E-state index in [1.54, 1.807) is 0 Å². The monoisotopic (exact) mass is 1180 g/mol. The van der Waals surface area contributed by atoms with Gasteiger partial charge in [0, 0.05) is 154 Å². The third kappa shape index (κ3) is 7.40. The molecule has 250 valence electrons. The summed E-state index contributed by atoms with van der Waals surface area (Å²) in [5.74, 6) is 3.91. The van der Waals surface area contributed by atoms with Crippen LogP contribution >= 0.6 is 90.4 Å². The Morgan fingerprint density at radius 3 is 0.547 bits per heavy atom. The van der Waals surface area contributed by atoms with Gasteiger partial charge in [0.15, 0.2) is 0 Å². The zero-order chi connectivity index (χ0) is 35.3. The zero-order valence-corrected chi connectivity index (χ0v) is 39.5. The standard InChI is InChI=1S/C44H24I4N4.Zn/c45-29-9-1-25(2-10-29)41-33-17-19-35(49-33)42(26-3-11-30(46)12-4-26)37-21-23-39(51-37)44(28-7-15-32(48)16-8-28)40-24-22-38(52-40)43(36-20-18-34(41)50-36)27-5-13-31(47)14-6-27;/h1-24H;. The van der Waals surface area contributed by atoms with Crippen molar-refractivity contribution in [2.24, 2.45) is 0 Å². The maximum absolute atomic E-state index is 5.37. The molecule has 0 fully saturated rings. The molecule has 0 radical (unpaired) electrons. The largest absolute Gasteiger partial charge is 0.628 e. The van der Waals surface area contributed by atoms with Crippen molar-refractivity contribution in [2.75, 3.05) is 0 Å². The maximum atomic E-state index is 5.37. The van der Waals surface area contributed by atoms with Crippen LogP contribution in [0.5, 0.6) is 0 Å². The van der Waals surface area contributed by atoms with Gasteiger partial charge in [0.1, 0.15) is 0 Å². The van der Waals surface area contributed by atoms with Gasteiger partial charge >= 0.3 is 0 Å². The molecular formula is C44H24I4N4Zn. The Balaban J connectivity index is 0.00000400. The Morgan fingerprint density at radius 2 is 0.396 bits per heavy atom. The van der Waals surface area contributed by atoms with Crippen LogP contribution in [0.2, 0.25) is 0 Å². The average Bonchev–Trinajstić information content (AvgIpc) is 3.99. The number of nitrogens with zero attached hydrogens (tertiary/aromatic N) is 4. The summed E-state index contributed by atoms with van der Waals surface area (Å²) in [6.07, 6.45) is 0. The van der Waals surface area contributed by atoms with Crippen LogP contribution in [-0.4, -0.2) is 0 Å². The first-order chi connectivity index (χ1) is 25.4. The molecule has 5 heterocycles. The molecule has 0 saturated heterocycles. The Bertz CT molecular complexity index is 2050. The molecule has 1 aliphatic heterocycles. The van der Waals surface area contributed by atoms with Crippen LogP contribution in [-0.2, 0) is 19.5 Å². The SMILES string of the molecule is Ic1ccc([C+]2c3ccc([n-]3)[C+](c3ccc(I)cc3)c3ccc([n-]3)[C+](c3ccc(I)cc3)c3ccc([n-]3)[C+](c3ccc(I)cc3)c3ccc2[n-]3)cc1.[Zn]. The molecule has 53 heavy (non-hydrogen) atoms. The Hall–Kier alpha value is -2.98. The first kappa shape index (κ1) is 37.0. The molecule has 8 bridgehead atoms. The number of hydrogen-bond donors (Lipinski definition) is 0. The van der Waals surface area contributed by atoms with Crippen molar-refractivity contribution >= 4 is 90.4 Å². The minimum Gasteiger partial charge on any atom is -0.628 e. The number of rotatable bonds is 4. The quantitative estimate of drug-likeness (QED) is 0.100. The van der Waals surface area contributed by atoms with Gasteiger partial charge in [0.25, 0.3) is 0 Å². The van der Waals surface area contributed by atoms with Crippen LogP contribution in [0.25, 0.3) is 0 Å². The first-order valence-corrected chi connectivity index (χ1v) is 20.8. The first-order valence-electron chi connectivity index (χ1n) is 16.5. The third-order valence-corrected chi connectivity index (χ3v) is 12.0. The number of fused-ring (bicyclic) bond motifs is 8. The van der Waals surface area contributed by atoms with E-state index in [2.05, 4.69) is 236 Å². The summed E-state index contributed by atoms with van der Waals surface area (Å²) in [4.78, 5) is 21.5. The van der Waals surface area contributed by atoms with Gasteiger partial charge < -0.3 is 19.9 Å². The predicted molar refractivity (Wildman–Crippen MR) is 238 cm³/mol. The van der Waals surface area contributed by atoms with Crippen LogP contribution in [0, 0.1) is 38.0 Å². The fraction of sp³-hybridized carbons (Fsp3) is 0. The van der Waals surface area contributed by atoms with Crippen molar-refractivity contribution in [2.45, 2.75) is 0 Å². The van der Waals surface area contributed by atoms with Gasteiger partial charge in [0.05, 0.1) is 22.3 Å². The van der Waals surface area contributed by atoms with E-state index in [4.69, 9.17) is 19.9 Å². The topological polar surface area (TPSA) is 56.4 Å². The van der Waals surface area contributed by atoms with Gasteiger partial charge in [0.2, 0.25) is 0 Å². The van der Waals surface area contributed by atoms with E-state index in [0.717, 1.165) is 91.5 Å². The van der Waals surface area contributed by atoms with Gasteiger partial charge in [-0.1, -0.05) is 0 Å². The van der Waals surface area contributed by atoms with Crippen molar-refractivity contribution in [3.05, 3.63) is 251 Å². The Kier molecular flexibility index (Phi) is 10.9. The molecule has 8 aromatic rings. The van der Waals surface area contributed by atoms with E-state index in [1.165, 1.54) is 14.3 Å². The molecule has 1 aliphatic rings. The van der Waals surface area contributed by atoms with Crippen LogP contribution in [0.1, 0.15) is 67.8 Å². The van der Waals surface area contributed by atoms with E-state index in [-0.39, 0.29) is 19.5 Å². The second-order valence-electron chi connectivity index (χ2n) is 12.4. The summed E-state index contributed by atoms with van der Waals surface area (Å²) in [5.41, 5.74) is 11.1. The molecule has 0 amide bonds. The van der Waals surface area contributed by atoms with Crippen molar-refractivity contribution in [3.63, 3.8) is 0 Å². The summed E-state index contributed by atoms with van der Waals surface area (Å²) in [6.45, 7) is 0. The Morgan fingerprint density at radius 1 is 0.245 bits per heavy atom. The minimum absolute atomic E-state index is 0. The second kappa shape index (κ2) is 15.6. The molecule has 4 aromatic carbocycles. The summed E-state index contributed by atoms with van der Waals surface area (Å²) < 4.78 is 4.68. The van der Waals surface area contributed by atoms with Gasteiger partial charge in [-0.2, -0.15) is 0 Å². The average molecular weight is 1180 g/mol. The third-order valence-electron chi connectivity index (χ3n) is 9.14. The molecule has 0 atom stereocenters. The normalized spacial score (nSPS) is 12.6. The molecule has 0 N–H and O–H groups in total. The molecule has 0 unspecified atom stereocenters. The van der Waals surface area contributed by atoms with E-state index >= 15 is 0 Å². The fourth-order valence-corrected chi connectivity index (χ4v) is 8.18. The van der Waals surface area contributed by atoms with Gasteiger partial charge in [-0.05, 0) is 184 Å². The van der Waals surface area contributed by atoms with Crippen molar-refractivity contribution < 1.29 is 19.5 Å². The number of benzene rings is 4. The van der Waals surface area contributed by atoms with E-state index in [1.807, 2.05) is 0 Å². The van der Waals surface area contributed by atoms with Crippen LogP contribution in [0.15, 0.2) is 146 Å². The predicted octanol–water partition coefficient (Wildman–Crippen LogP) is 10.3. The molecule has 4 aromatic heterocycles. The van der Waals surface area contributed by atoms with E-state index < -0.39 is 0 Å². The fourth-order valence-electron chi connectivity index (χ4n) is 6.74. The summed E-state index contributed by atoms with van der Waals surface area (Å²) in [5, 5.41) is 0. The smallest absolute Gasteiger partial charge is 0.0768 e. The summed E-state index contributed by atoms with van der Waals surface area (Å²) >= 11 is 9.41. The van der Waals surface area contributed by atoms with Gasteiger partial charge in [-0.3, -0.25) is 0 Å². The van der Waals surface area contributed by atoms with Crippen molar-refractivity contribution in [1.29, 1.82) is 0 Å². The molecule has 0 spiro atoms. The van der Waals surface area contributed by atoms with Gasteiger partial charge in [-0.15, -0.1) is 0 Å². The zero-order valence-electron chi connectivity index (χ0n) is 27.9.